The molecule has 27 heavy (non-hydrogen) atoms. The summed E-state index contributed by atoms with van der Waals surface area (Å²) in [5, 5.41) is 11.3. The van der Waals surface area contributed by atoms with Crippen molar-refractivity contribution in [3.8, 4) is 11.1 Å². The first-order chi connectivity index (χ1) is 13.1. The predicted octanol–water partition coefficient (Wildman–Crippen LogP) is 3.23. The molecule has 1 saturated carbocycles. The van der Waals surface area contributed by atoms with Gasteiger partial charge in [0.25, 0.3) is 5.91 Å². The molecule has 2 aromatic heterocycles. The number of H-pyrrole nitrogens is 1. The minimum Gasteiger partial charge on any atom is -0.348 e. The maximum absolute atomic E-state index is 12.8. The van der Waals surface area contributed by atoms with E-state index in [0.717, 1.165) is 47.7 Å². The number of hydrogen-bond acceptors (Lipinski definition) is 4. The number of pyridine rings is 1. The zero-order chi connectivity index (χ0) is 18.8. The van der Waals surface area contributed by atoms with Gasteiger partial charge in [0.1, 0.15) is 0 Å². The monoisotopic (exact) mass is 363 g/mol. The Bertz CT molecular complexity index is 926. The maximum atomic E-state index is 12.8. The summed E-state index contributed by atoms with van der Waals surface area (Å²) >= 11 is 0. The molecule has 1 aliphatic carbocycles. The number of carbonyl (C=O) groups excluding carboxylic acids is 1. The van der Waals surface area contributed by atoms with Gasteiger partial charge in [-0.05, 0) is 63.5 Å². The van der Waals surface area contributed by atoms with Gasteiger partial charge in [-0.2, -0.15) is 5.10 Å². The van der Waals surface area contributed by atoms with Crippen LogP contribution in [0.15, 0.2) is 42.7 Å². The van der Waals surface area contributed by atoms with Crippen LogP contribution in [0.3, 0.4) is 0 Å². The zero-order valence-corrected chi connectivity index (χ0v) is 15.8. The predicted molar refractivity (Wildman–Crippen MR) is 107 cm³/mol. The quantitative estimate of drug-likeness (QED) is 0.746. The normalized spacial score (nSPS) is 20.1. The third kappa shape index (κ3) is 3.71. The first-order valence-electron chi connectivity index (χ1n) is 9.47. The van der Waals surface area contributed by atoms with Crippen molar-refractivity contribution in [2.24, 2.45) is 0 Å². The van der Waals surface area contributed by atoms with E-state index in [1.807, 2.05) is 36.5 Å². The first kappa shape index (κ1) is 17.7. The Morgan fingerprint density at radius 2 is 1.96 bits per heavy atom. The molecule has 1 fully saturated rings. The summed E-state index contributed by atoms with van der Waals surface area (Å²) < 4.78 is 0. The fraction of sp³-hybridized carbons (Fsp3) is 0.381. The van der Waals surface area contributed by atoms with Crippen LogP contribution in [0.5, 0.6) is 0 Å². The van der Waals surface area contributed by atoms with Crippen molar-refractivity contribution >= 4 is 16.8 Å². The fourth-order valence-corrected chi connectivity index (χ4v) is 3.89. The molecule has 0 spiro atoms. The lowest BCUT2D eigenvalue weighted by atomic mass is 9.90. The van der Waals surface area contributed by atoms with Crippen molar-refractivity contribution in [3.63, 3.8) is 0 Å². The summed E-state index contributed by atoms with van der Waals surface area (Å²) in [5.41, 5.74) is 3.38. The van der Waals surface area contributed by atoms with Gasteiger partial charge < -0.3 is 10.2 Å². The van der Waals surface area contributed by atoms with E-state index in [1.165, 1.54) is 0 Å². The summed E-state index contributed by atoms with van der Waals surface area (Å²) in [6.45, 7) is 0. The van der Waals surface area contributed by atoms with Gasteiger partial charge in [-0.1, -0.05) is 12.1 Å². The number of nitrogens with one attached hydrogen (secondary N) is 2. The second-order valence-corrected chi connectivity index (χ2v) is 7.52. The molecule has 0 aliphatic heterocycles. The maximum Gasteiger partial charge on any atom is 0.272 e. The first-order valence-corrected chi connectivity index (χ1v) is 9.47. The van der Waals surface area contributed by atoms with E-state index in [1.54, 1.807) is 6.20 Å². The highest BCUT2D eigenvalue weighted by atomic mass is 16.2. The molecular weight excluding hydrogens is 338 g/mol. The van der Waals surface area contributed by atoms with Crippen molar-refractivity contribution in [3.05, 3.63) is 48.4 Å². The summed E-state index contributed by atoms with van der Waals surface area (Å²) in [7, 11) is 4.25. The van der Waals surface area contributed by atoms with Crippen molar-refractivity contribution in [1.29, 1.82) is 0 Å². The van der Waals surface area contributed by atoms with E-state index >= 15 is 0 Å². The van der Waals surface area contributed by atoms with Crippen LogP contribution in [0.4, 0.5) is 0 Å². The molecule has 2 N–H and O–H groups in total. The number of carbonyl (C=O) groups is 1. The van der Waals surface area contributed by atoms with Gasteiger partial charge in [-0.25, -0.2) is 0 Å². The van der Waals surface area contributed by atoms with Gasteiger partial charge in [0, 0.05) is 35.4 Å². The lowest BCUT2D eigenvalue weighted by Crippen LogP contribution is -2.41. The molecule has 1 amide bonds. The Labute approximate surface area is 159 Å². The highest BCUT2D eigenvalue weighted by Crippen LogP contribution is 2.26. The van der Waals surface area contributed by atoms with Crippen LogP contribution in [0.25, 0.3) is 22.0 Å². The molecule has 4 rings (SSSR count). The molecule has 2 heterocycles. The topological polar surface area (TPSA) is 73.9 Å². The Kier molecular flexibility index (Phi) is 4.90. The molecule has 0 atom stereocenters. The average molecular weight is 363 g/mol. The number of fused-ring (bicyclic) bond motifs is 1. The molecule has 0 unspecified atom stereocenters. The average Bonchev–Trinajstić information content (AvgIpc) is 3.12. The molecule has 3 aromatic rings. The van der Waals surface area contributed by atoms with E-state index in [4.69, 9.17) is 0 Å². The zero-order valence-electron chi connectivity index (χ0n) is 15.8. The molecule has 0 radical (unpaired) electrons. The Hall–Kier alpha value is -2.73. The van der Waals surface area contributed by atoms with Gasteiger partial charge in [0.05, 0.1) is 5.52 Å². The van der Waals surface area contributed by atoms with E-state index < -0.39 is 0 Å². The van der Waals surface area contributed by atoms with Crippen molar-refractivity contribution in [1.82, 2.24) is 25.4 Å². The molecule has 1 aliphatic rings. The second-order valence-electron chi connectivity index (χ2n) is 7.52. The van der Waals surface area contributed by atoms with Crippen molar-refractivity contribution in [2.75, 3.05) is 14.1 Å². The Balaban J connectivity index is 1.52. The summed E-state index contributed by atoms with van der Waals surface area (Å²) in [4.78, 5) is 19.3. The number of aromatic amines is 1. The number of benzene rings is 1. The van der Waals surface area contributed by atoms with Crippen LogP contribution < -0.4 is 5.32 Å². The summed E-state index contributed by atoms with van der Waals surface area (Å²) in [5.74, 6) is -0.0992. The van der Waals surface area contributed by atoms with Gasteiger partial charge in [-0.15, -0.1) is 0 Å². The van der Waals surface area contributed by atoms with Gasteiger partial charge in [0.2, 0.25) is 0 Å². The van der Waals surface area contributed by atoms with E-state index in [2.05, 4.69) is 39.5 Å². The van der Waals surface area contributed by atoms with Gasteiger partial charge in [0.15, 0.2) is 5.69 Å². The molecule has 0 saturated heterocycles. The SMILES string of the molecule is CN(C)C1CCC(NC(=O)c2n[nH]c3ccc(-c4cccnc4)cc23)CC1. The number of nitrogens with zero attached hydrogens (tertiary/aromatic N) is 3. The molecular formula is C21H25N5O. The van der Waals surface area contributed by atoms with E-state index in [0.29, 0.717) is 11.7 Å². The van der Waals surface area contributed by atoms with Crippen LogP contribution in [-0.4, -0.2) is 52.2 Å². The minimum atomic E-state index is -0.0992. The van der Waals surface area contributed by atoms with Crippen LogP contribution in [-0.2, 0) is 0 Å². The van der Waals surface area contributed by atoms with E-state index in [9.17, 15) is 4.79 Å². The van der Waals surface area contributed by atoms with Crippen LogP contribution in [0.2, 0.25) is 0 Å². The standard InChI is InChI=1S/C21H25N5O/c1-26(2)17-8-6-16(7-9-17)23-21(27)20-18-12-14(5-10-19(18)24-25-20)15-4-3-11-22-13-15/h3-5,10-13,16-17H,6-9H2,1-2H3,(H,23,27)(H,24,25). The molecule has 6 heteroatoms. The lowest BCUT2D eigenvalue weighted by Gasteiger charge is -2.32. The highest BCUT2D eigenvalue weighted by Gasteiger charge is 2.25. The molecule has 140 valence electrons. The largest absolute Gasteiger partial charge is 0.348 e. The fourth-order valence-electron chi connectivity index (χ4n) is 3.89. The van der Waals surface area contributed by atoms with Gasteiger partial charge >= 0.3 is 0 Å². The molecule has 1 aromatic carbocycles. The van der Waals surface area contributed by atoms with Crippen LogP contribution in [0.1, 0.15) is 36.2 Å². The van der Waals surface area contributed by atoms with Gasteiger partial charge in [-0.3, -0.25) is 14.9 Å². The third-order valence-electron chi connectivity index (χ3n) is 5.54. The molecule has 6 nitrogen and oxygen atoms in total. The third-order valence-corrected chi connectivity index (χ3v) is 5.54. The number of rotatable bonds is 4. The summed E-state index contributed by atoms with van der Waals surface area (Å²) in [6.07, 6.45) is 7.83. The van der Waals surface area contributed by atoms with Crippen molar-refractivity contribution < 1.29 is 4.79 Å². The lowest BCUT2D eigenvalue weighted by molar-refractivity contribution is 0.0912. The van der Waals surface area contributed by atoms with E-state index in [-0.39, 0.29) is 11.9 Å². The Morgan fingerprint density at radius 3 is 2.67 bits per heavy atom. The minimum absolute atomic E-state index is 0.0992. The Morgan fingerprint density at radius 1 is 1.15 bits per heavy atom. The molecule has 0 bridgehead atoms. The smallest absolute Gasteiger partial charge is 0.272 e. The number of amides is 1. The summed E-state index contributed by atoms with van der Waals surface area (Å²) in [6, 6.07) is 10.7. The second kappa shape index (κ2) is 7.48. The highest BCUT2D eigenvalue weighted by molar-refractivity contribution is 6.05. The number of hydrogen-bond donors (Lipinski definition) is 2. The van der Waals surface area contributed by atoms with Crippen molar-refractivity contribution in [2.45, 2.75) is 37.8 Å². The van der Waals surface area contributed by atoms with Crippen LogP contribution in [0, 0.1) is 0 Å². The van der Waals surface area contributed by atoms with Crippen LogP contribution >= 0.6 is 0 Å². The number of aromatic nitrogens is 3.